The number of rotatable bonds is 4. The molecule has 1 fully saturated rings. The van der Waals surface area contributed by atoms with Crippen LogP contribution in [0, 0.1) is 6.92 Å². The molecule has 0 saturated carbocycles. The van der Waals surface area contributed by atoms with Crippen molar-refractivity contribution < 1.29 is 17.9 Å². The second kappa shape index (κ2) is 7.31. The zero-order valence-electron chi connectivity index (χ0n) is 13.9. The van der Waals surface area contributed by atoms with Gasteiger partial charge in [-0.3, -0.25) is 4.79 Å². The zero-order chi connectivity index (χ0) is 17.0. The van der Waals surface area contributed by atoms with Crippen molar-refractivity contribution in [1.29, 1.82) is 0 Å². The fourth-order valence-electron chi connectivity index (χ4n) is 2.75. The maximum Gasteiger partial charge on any atom is 0.253 e. The Morgan fingerprint density at radius 3 is 2.57 bits per heavy atom. The second-order valence-corrected chi connectivity index (χ2v) is 7.89. The minimum atomic E-state index is -3.20. The summed E-state index contributed by atoms with van der Waals surface area (Å²) >= 11 is 0. The third-order valence-electron chi connectivity index (χ3n) is 4.14. The van der Waals surface area contributed by atoms with E-state index in [9.17, 15) is 13.2 Å². The molecule has 1 aliphatic heterocycles. The molecule has 23 heavy (non-hydrogen) atoms. The summed E-state index contributed by atoms with van der Waals surface area (Å²) in [5.41, 5.74) is 1.51. The largest absolute Gasteiger partial charge is 0.496 e. The summed E-state index contributed by atoms with van der Waals surface area (Å²) < 4.78 is 30.7. The number of hydrogen-bond acceptors (Lipinski definition) is 4. The van der Waals surface area contributed by atoms with Crippen molar-refractivity contribution >= 4 is 15.9 Å². The number of ether oxygens (including phenoxy) is 1. The molecule has 0 aromatic heterocycles. The topological polar surface area (TPSA) is 66.9 Å². The highest BCUT2D eigenvalue weighted by atomic mass is 32.2. The van der Waals surface area contributed by atoms with E-state index in [1.807, 2.05) is 13.0 Å². The van der Waals surface area contributed by atoms with E-state index in [4.69, 9.17) is 4.74 Å². The van der Waals surface area contributed by atoms with Crippen molar-refractivity contribution in [3.63, 3.8) is 0 Å². The van der Waals surface area contributed by atoms with Crippen molar-refractivity contribution in [1.82, 2.24) is 9.21 Å². The molecule has 1 heterocycles. The molecule has 0 aliphatic carbocycles. The predicted octanol–water partition coefficient (Wildman–Crippen LogP) is 1.50. The Morgan fingerprint density at radius 1 is 1.22 bits per heavy atom. The van der Waals surface area contributed by atoms with Crippen molar-refractivity contribution in [2.24, 2.45) is 0 Å². The van der Waals surface area contributed by atoms with Gasteiger partial charge in [-0.05, 0) is 44.0 Å². The van der Waals surface area contributed by atoms with Crippen molar-refractivity contribution in [3.8, 4) is 5.75 Å². The lowest BCUT2D eigenvalue weighted by atomic mass is 10.1. The zero-order valence-corrected chi connectivity index (χ0v) is 14.7. The molecule has 0 spiro atoms. The number of amides is 1. The molecule has 2 rings (SSSR count). The molecule has 7 heteroatoms. The lowest BCUT2D eigenvalue weighted by Crippen LogP contribution is -2.37. The number of nitrogens with zero attached hydrogens (tertiary/aromatic N) is 2. The van der Waals surface area contributed by atoms with E-state index in [0.717, 1.165) is 11.3 Å². The van der Waals surface area contributed by atoms with Gasteiger partial charge >= 0.3 is 0 Å². The first-order valence-electron chi connectivity index (χ1n) is 7.80. The third kappa shape index (κ3) is 4.03. The molecule has 1 aromatic rings. The molecule has 6 nitrogen and oxygen atoms in total. The lowest BCUT2D eigenvalue weighted by molar-refractivity contribution is 0.0764. The monoisotopic (exact) mass is 340 g/mol. The predicted molar refractivity (Wildman–Crippen MR) is 89.3 cm³/mol. The van der Waals surface area contributed by atoms with Crippen LogP contribution in [0.1, 0.15) is 29.3 Å². The van der Waals surface area contributed by atoms with Crippen molar-refractivity contribution in [2.45, 2.75) is 20.3 Å². The number of benzene rings is 1. The molecule has 128 valence electrons. The Bertz CT molecular complexity index is 673. The summed E-state index contributed by atoms with van der Waals surface area (Å²) in [6.07, 6.45) is 0.653. The van der Waals surface area contributed by atoms with E-state index in [2.05, 4.69) is 0 Å². The van der Waals surface area contributed by atoms with Crippen LogP contribution < -0.4 is 4.74 Å². The SMILES string of the molecule is CCS(=O)(=O)N1CCCN(C(=O)c2ccc(OC)c(C)c2)CC1. The molecule has 1 saturated heterocycles. The van der Waals surface area contributed by atoms with Crippen LogP contribution in [-0.4, -0.2) is 62.6 Å². The van der Waals surface area contributed by atoms with E-state index >= 15 is 0 Å². The Hall–Kier alpha value is -1.60. The Kier molecular flexibility index (Phi) is 5.64. The Labute approximate surface area is 138 Å². The van der Waals surface area contributed by atoms with Crippen LogP contribution in [0.2, 0.25) is 0 Å². The van der Waals surface area contributed by atoms with Crippen LogP contribution in [0.15, 0.2) is 18.2 Å². The molecule has 0 N–H and O–H groups in total. The molecule has 1 aliphatic rings. The summed E-state index contributed by atoms with van der Waals surface area (Å²) in [7, 11) is -1.60. The van der Waals surface area contributed by atoms with Crippen LogP contribution in [0.25, 0.3) is 0 Å². The molecule has 1 amide bonds. The van der Waals surface area contributed by atoms with Gasteiger partial charge in [-0.1, -0.05) is 0 Å². The van der Waals surface area contributed by atoms with Gasteiger partial charge in [0.25, 0.3) is 5.91 Å². The van der Waals surface area contributed by atoms with Crippen LogP contribution in [0.5, 0.6) is 5.75 Å². The van der Waals surface area contributed by atoms with Gasteiger partial charge in [-0.25, -0.2) is 12.7 Å². The standard InChI is InChI=1S/C16H24N2O4S/c1-4-23(20,21)18-9-5-8-17(10-11-18)16(19)14-6-7-15(22-3)13(2)12-14/h6-7,12H,4-5,8-11H2,1-3H3. The van der Waals surface area contributed by atoms with Gasteiger partial charge in [0.2, 0.25) is 10.0 Å². The molecule has 1 aromatic carbocycles. The first-order valence-corrected chi connectivity index (χ1v) is 9.41. The highest BCUT2D eigenvalue weighted by Crippen LogP contribution is 2.20. The molecular formula is C16H24N2O4S. The van der Waals surface area contributed by atoms with Crippen molar-refractivity contribution in [3.05, 3.63) is 29.3 Å². The van der Waals surface area contributed by atoms with Crippen molar-refractivity contribution in [2.75, 3.05) is 39.0 Å². The first-order chi connectivity index (χ1) is 10.9. The van der Waals surface area contributed by atoms with Crippen LogP contribution in [0.3, 0.4) is 0 Å². The third-order valence-corrected chi connectivity index (χ3v) is 6.02. The molecular weight excluding hydrogens is 316 g/mol. The molecule has 0 radical (unpaired) electrons. The summed E-state index contributed by atoms with van der Waals surface area (Å²) in [5.74, 6) is 0.780. The first kappa shape index (κ1) is 17.7. The molecule has 0 atom stereocenters. The van der Waals surface area contributed by atoms with E-state index in [1.54, 1.807) is 31.1 Å². The second-order valence-electron chi connectivity index (χ2n) is 5.63. The number of methoxy groups -OCH3 is 1. The fraction of sp³-hybridized carbons (Fsp3) is 0.562. The van der Waals surface area contributed by atoms with E-state index in [-0.39, 0.29) is 11.7 Å². The highest BCUT2D eigenvalue weighted by Gasteiger charge is 2.26. The van der Waals surface area contributed by atoms with Gasteiger partial charge in [-0.15, -0.1) is 0 Å². The molecule has 0 bridgehead atoms. The average Bonchev–Trinajstić information content (AvgIpc) is 2.80. The summed E-state index contributed by atoms with van der Waals surface area (Å²) in [5, 5.41) is 0. The fourth-order valence-corrected chi connectivity index (χ4v) is 3.88. The molecule has 0 unspecified atom stereocenters. The lowest BCUT2D eigenvalue weighted by Gasteiger charge is -2.22. The van der Waals surface area contributed by atoms with Gasteiger partial charge in [0.15, 0.2) is 0 Å². The maximum absolute atomic E-state index is 12.6. The van der Waals surface area contributed by atoms with E-state index < -0.39 is 10.0 Å². The minimum absolute atomic E-state index is 0.0634. The minimum Gasteiger partial charge on any atom is -0.496 e. The normalized spacial score (nSPS) is 16.9. The van der Waals surface area contributed by atoms with Gasteiger partial charge in [0, 0.05) is 31.7 Å². The van der Waals surface area contributed by atoms with Crippen LogP contribution in [0.4, 0.5) is 0 Å². The number of aryl methyl sites for hydroxylation is 1. The summed E-state index contributed by atoms with van der Waals surface area (Å²) in [6.45, 7) is 5.36. The number of carbonyl (C=O) groups excluding carboxylic acids is 1. The smallest absolute Gasteiger partial charge is 0.253 e. The van der Waals surface area contributed by atoms with Crippen LogP contribution in [-0.2, 0) is 10.0 Å². The van der Waals surface area contributed by atoms with E-state index in [1.165, 1.54) is 4.31 Å². The summed E-state index contributed by atoms with van der Waals surface area (Å²) in [4.78, 5) is 14.4. The maximum atomic E-state index is 12.6. The highest BCUT2D eigenvalue weighted by molar-refractivity contribution is 7.89. The number of hydrogen-bond donors (Lipinski definition) is 0. The van der Waals surface area contributed by atoms with Crippen LogP contribution >= 0.6 is 0 Å². The van der Waals surface area contributed by atoms with Gasteiger partial charge in [0.1, 0.15) is 5.75 Å². The Morgan fingerprint density at radius 2 is 1.96 bits per heavy atom. The number of sulfonamides is 1. The van der Waals surface area contributed by atoms with E-state index in [0.29, 0.717) is 38.2 Å². The van der Waals surface area contributed by atoms with Gasteiger partial charge in [0.05, 0.1) is 12.9 Å². The average molecular weight is 340 g/mol. The Balaban J connectivity index is 2.10. The van der Waals surface area contributed by atoms with Gasteiger partial charge in [-0.2, -0.15) is 0 Å². The van der Waals surface area contributed by atoms with Gasteiger partial charge < -0.3 is 9.64 Å². The quantitative estimate of drug-likeness (QED) is 0.833. The summed E-state index contributed by atoms with van der Waals surface area (Å²) in [6, 6.07) is 5.35. The number of carbonyl (C=O) groups is 1.